The van der Waals surface area contributed by atoms with E-state index in [1.165, 1.54) is 4.90 Å². The van der Waals surface area contributed by atoms with E-state index < -0.39 is 12.1 Å². The fourth-order valence-corrected chi connectivity index (χ4v) is 3.87. The summed E-state index contributed by atoms with van der Waals surface area (Å²) in [5.41, 5.74) is 2.88. The second kappa shape index (κ2) is 10.2. The van der Waals surface area contributed by atoms with Gasteiger partial charge in [-0.2, -0.15) is 0 Å². The zero-order valence-corrected chi connectivity index (χ0v) is 18.5. The fourth-order valence-electron chi connectivity index (χ4n) is 3.66. The maximum absolute atomic E-state index is 13.2. The molecule has 0 saturated heterocycles. The van der Waals surface area contributed by atoms with Crippen molar-refractivity contribution in [3.8, 4) is 0 Å². The third kappa shape index (κ3) is 5.70. The maximum Gasteiger partial charge on any atom is 0.323 e. The van der Waals surface area contributed by atoms with Gasteiger partial charge in [-0.1, -0.05) is 66.2 Å². The third-order valence-electron chi connectivity index (χ3n) is 5.27. The summed E-state index contributed by atoms with van der Waals surface area (Å²) in [4.78, 5) is 39.7. The van der Waals surface area contributed by atoms with Crippen LogP contribution in [-0.4, -0.2) is 30.4 Å². The van der Waals surface area contributed by atoms with Crippen LogP contribution in [0.2, 0.25) is 5.02 Å². The van der Waals surface area contributed by atoms with Gasteiger partial charge in [-0.3, -0.25) is 14.5 Å². The number of amides is 4. The van der Waals surface area contributed by atoms with Crippen LogP contribution in [0.4, 0.5) is 16.2 Å². The fraction of sp³-hybridized carbons (Fsp3) is 0.160. The molecule has 168 valence electrons. The van der Waals surface area contributed by atoms with E-state index >= 15 is 0 Å². The number of carbonyl (C=O) groups excluding carboxylic acids is 3. The normalized spacial score (nSPS) is 13.5. The van der Waals surface area contributed by atoms with Crippen LogP contribution >= 0.6 is 11.6 Å². The Morgan fingerprint density at radius 2 is 1.70 bits per heavy atom. The third-order valence-corrected chi connectivity index (χ3v) is 5.50. The second-order valence-electron chi connectivity index (χ2n) is 7.69. The van der Waals surface area contributed by atoms with E-state index in [9.17, 15) is 14.4 Å². The van der Waals surface area contributed by atoms with Crippen molar-refractivity contribution in [1.29, 1.82) is 0 Å². The van der Waals surface area contributed by atoms with Gasteiger partial charge in [0, 0.05) is 18.0 Å². The highest BCUT2D eigenvalue weighted by Gasteiger charge is 2.30. The minimum Gasteiger partial charge on any atom is -0.350 e. The van der Waals surface area contributed by atoms with Crippen molar-refractivity contribution in [2.45, 2.75) is 19.0 Å². The maximum atomic E-state index is 13.2. The van der Waals surface area contributed by atoms with Gasteiger partial charge in [-0.25, -0.2) is 4.79 Å². The molecule has 0 radical (unpaired) electrons. The molecule has 33 heavy (non-hydrogen) atoms. The molecular weight excluding hydrogens is 440 g/mol. The van der Waals surface area contributed by atoms with E-state index in [1.807, 2.05) is 42.5 Å². The molecule has 1 aliphatic heterocycles. The van der Waals surface area contributed by atoms with Gasteiger partial charge in [0.2, 0.25) is 11.8 Å². The van der Waals surface area contributed by atoms with Gasteiger partial charge in [0.15, 0.2) is 0 Å². The number of anilines is 2. The highest BCUT2D eigenvalue weighted by Crippen LogP contribution is 2.28. The molecule has 1 heterocycles. The predicted octanol–water partition coefficient (Wildman–Crippen LogP) is 3.74. The molecule has 7 nitrogen and oxygen atoms in total. The van der Waals surface area contributed by atoms with Crippen molar-refractivity contribution < 1.29 is 14.4 Å². The largest absolute Gasteiger partial charge is 0.350 e. The molecule has 0 spiro atoms. The summed E-state index contributed by atoms with van der Waals surface area (Å²) in [6, 6.07) is 22.3. The molecule has 3 N–H and O–H groups in total. The lowest BCUT2D eigenvalue weighted by atomic mass is 10.1. The quantitative estimate of drug-likeness (QED) is 0.521. The summed E-state index contributed by atoms with van der Waals surface area (Å²) in [5.74, 6) is -0.629. The average molecular weight is 463 g/mol. The van der Waals surface area contributed by atoms with E-state index in [2.05, 4.69) is 16.0 Å². The number of hydrogen-bond donors (Lipinski definition) is 3. The zero-order valence-electron chi connectivity index (χ0n) is 17.8. The number of urea groups is 1. The SMILES string of the molecule is O=C1CN(C(=O)NC(Cc2ccccc2)C(=O)NCc2cccc(Cl)c2)c2ccccc2N1. The summed E-state index contributed by atoms with van der Waals surface area (Å²) < 4.78 is 0. The molecule has 0 saturated carbocycles. The van der Waals surface area contributed by atoms with Crippen LogP contribution in [-0.2, 0) is 22.6 Å². The standard InChI is InChI=1S/C25H23ClN4O3/c26-19-10-6-9-18(13-19)15-27-24(32)21(14-17-7-2-1-3-8-17)29-25(33)30-16-23(31)28-20-11-4-5-12-22(20)30/h1-13,21H,14-16H2,(H,27,32)(H,28,31)(H,29,33). The number of nitrogens with zero attached hydrogens (tertiary/aromatic N) is 1. The van der Waals surface area contributed by atoms with Crippen LogP contribution in [0.5, 0.6) is 0 Å². The summed E-state index contributed by atoms with van der Waals surface area (Å²) >= 11 is 6.03. The number of fused-ring (bicyclic) bond motifs is 1. The lowest BCUT2D eigenvalue weighted by molar-refractivity contribution is -0.123. The highest BCUT2D eigenvalue weighted by atomic mass is 35.5. The molecular formula is C25H23ClN4O3. The molecule has 1 aliphatic rings. The molecule has 0 aliphatic carbocycles. The summed E-state index contributed by atoms with van der Waals surface area (Å²) in [7, 11) is 0. The molecule has 3 aromatic carbocycles. The Hall–Kier alpha value is -3.84. The highest BCUT2D eigenvalue weighted by molar-refractivity contribution is 6.30. The van der Waals surface area contributed by atoms with E-state index in [0.717, 1.165) is 11.1 Å². The number of para-hydroxylation sites is 2. The van der Waals surface area contributed by atoms with Gasteiger partial charge < -0.3 is 16.0 Å². The molecule has 0 fully saturated rings. The first-order valence-corrected chi connectivity index (χ1v) is 10.9. The van der Waals surface area contributed by atoms with E-state index in [-0.39, 0.29) is 24.9 Å². The Kier molecular flexibility index (Phi) is 6.90. The van der Waals surface area contributed by atoms with Gasteiger partial charge in [0.1, 0.15) is 12.6 Å². The number of carbonyl (C=O) groups is 3. The Morgan fingerprint density at radius 3 is 2.48 bits per heavy atom. The lowest BCUT2D eigenvalue weighted by Gasteiger charge is -2.30. The van der Waals surface area contributed by atoms with Crippen LogP contribution in [0.15, 0.2) is 78.9 Å². The molecule has 0 aromatic heterocycles. The summed E-state index contributed by atoms with van der Waals surface area (Å²) in [6.45, 7) is 0.139. The van der Waals surface area contributed by atoms with Crippen molar-refractivity contribution in [3.63, 3.8) is 0 Å². The molecule has 1 unspecified atom stereocenters. The predicted molar refractivity (Wildman–Crippen MR) is 128 cm³/mol. The lowest BCUT2D eigenvalue weighted by Crippen LogP contribution is -2.54. The number of benzene rings is 3. The van der Waals surface area contributed by atoms with Gasteiger partial charge in [0.25, 0.3) is 0 Å². The monoisotopic (exact) mass is 462 g/mol. The first-order chi connectivity index (χ1) is 16.0. The van der Waals surface area contributed by atoms with Crippen LogP contribution in [0, 0.1) is 0 Å². The minimum atomic E-state index is -0.837. The van der Waals surface area contributed by atoms with Crippen LogP contribution in [0.1, 0.15) is 11.1 Å². The van der Waals surface area contributed by atoms with Crippen molar-refractivity contribution in [3.05, 3.63) is 95.0 Å². The second-order valence-corrected chi connectivity index (χ2v) is 8.13. The summed E-state index contributed by atoms with van der Waals surface area (Å²) in [5, 5.41) is 9.02. The number of nitrogens with one attached hydrogen (secondary N) is 3. The first-order valence-electron chi connectivity index (χ1n) is 10.5. The topological polar surface area (TPSA) is 90.5 Å². The Balaban J connectivity index is 1.51. The smallest absolute Gasteiger partial charge is 0.323 e. The number of hydrogen-bond acceptors (Lipinski definition) is 3. The Bertz CT molecular complexity index is 1170. The van der Waals surface area contributed by atoms with Crippen LogP contribution in [0.3, 0.4) is 0 Å². The van der Waals surface area contributed by atoms with Gasteiger partial charge in [-0.05, 0) is 35.4 Å². The molecule has 1 atom stereocenters. The van der Waals surface area contributed by atoms with Gasteiger partial charge in [-0.15, -0.1) is 0 Å². The molecule has 3 aromatic rings. The van der Waals surface area contributed by atoms with Crippen LogP contribution in [0.25, 0.3) is 0 Å². The number of rotatable bonds is 6. The summed E-state index contributed by atoms with van der Waals surface area (Å²) in [6.07, 6.45) is 0.301. The molecule has 0 bridgehead atoms. The molecule has 8 heteroatoms. The zero-order chi connectivity index (χ0) is 23.2. The van der Waals surface area contributed by atoms with E-state index in [0.29, 0.717) is 22.8 Å². The van der Waals surface area contributed by atoms with E-state index in [1.54, 1.807) is 36.4 Å². The van der Waals surface area contributed by atoms with Crippen molar-refractivity contribution >= 4 is 40.8 Å². The minimum absolute atomic E-state index is 0.134. The van der Waals surface area contributed by atoms with Gasteiger partial charge >= 0.3 is 6.03 Å². The first kappa shape index (κ1) is 22.4. The van der Waals surface area contributed by atoms with Crippen molar-refractivity contribution in [2.24, 2.45) is 0 Å². The number of halogens is 1. The molecule has 4 amide bonds. The van der Waals surface area contributed by atoms with Crippen LogP contribution < -0.4 is 20.9 Å². The molecule has 4 rings (SSSR count). The Labute approximate surface area is 196 Å². The van der Waals surface area contributed by atoms with Crippen molar-refractivity contribution in [2.75, 3.05) is 16.8 Å². The van der Waals surface area contributed by atoms with Gasteiger partial charge in [0.05, 0.1) is 11.4 Å². The van der Waals surface area contributed by atoms with Crippen molar-refractivity contribution in [1.82, 2.24) is 10.6 Å². The average Bonchev–Trinajstić information content (AvgIpc) is 2.82. The van der Waals surface area contributed by atoms with E-state index in [4.69, 9.17) is 11.6 Å². The Morgan fingerprint density at radius 1 is 0.970 bits per heavy atom.